The number of benzene rings is 4. The number of hydroxylamine groups is 6. The van der Waals surface area contributed by atoms with Crippen LogP contribution in [-0.2, 0) is 10.4 Å². The molecule has 0 saturated carbocycles. The molecule has 0 aliphatic carbocycles. The maximum Gasteiger partial charge on any atom is 0.316 e. The van der Waals surface area contributed by atoms with Gasteiger partial charge >= 0.3 is 11.7 Å². The van der Waals surface area contributed by atoms with Crippen LogP contribution in [0.25, 0.3) is 32.3 Å². The molecule has 2 aliphatic heterocycles. The van der Waals surface area contributed by atoms with E-state index < -0.39 is 22.2 Å². The summed E-state index contributed by atoms with van der Waals surface area (Å²) in [7, 11) is 0. The summed E-state index contributed by atoms with van der Waals surface area (Å²) in [5, 5.41) is 60.3. The van der Waals surface area contributed by atoms with E-state index in [1.165, 1.54) is 0 Å². The molecule has 2 heterocycles. The molecule has 0 aromatic heterocycles. The maximum atomic E-state index is 13.2. The summed E-state index contributed by atoms with van der Waals surface area (Å²) in [5.74, 6) is 0.229. The zero-order valence-electron chi connectivity index (χ0n) is 24.2. The fourth-order valence-electron chi connectivity index (χ4n) is 5.71. The van der Waals surface area contributed by atoms with E-state index in [-0.39, 0.29) is 11.7 Å². The molecule has 0 fully saturated rings. The van der Waals surface area contributed by atoms with E-state index in [9.17, 15) is 20.8 Å². The van der Waals surface area contributed by atoms with Gasteiger partial charge in [-0.25, -0.2) is 0 Å². The Morgan fingerprint density at radius 3 is 1.10 bits per heavy atom. The highest BCUT2D eigenvalue weighted by Gasteiger charge is 2.61. The number of fused-ring (bicyclic) bond motifs is 3. The number of amidine groups is 2. The van der Waals surface area contributed by atoms with E-state index in [0.717, 1.165) is 51.9 Å². The molecule has 2 aliphatic rings. The van der Waals surface area contributed by atoms with E-state index in [0.29, 0.717) is 11.1 Å². The Morgan fingerprint density at radius 2 is 0.800 bits per heavy atom. The van der Waals surface area contributed by atoms with Gasteiger partial charge in [-0.05, 0) is 136 Å². The Balaban J connectivity index is 1.48. The van der Waals surface area contributed by atoms with Crippen molar-refractivity contribution in [2.45, 2.75) is 77.5 Å². The van der Waals surface area contributed by atoms with Gasteiger partial charge in [0.05, 0.1) is 11.1 Å². The third kappa shape index (κ3) is 3.20. The minimum Gasteiger partial charge on any atom is -0.714 e. The molecule has 6 rings (SSSR count). The first-order valence-corrected chi connectivity index (χ1v) is 13.6. The van der Waals surface area contributed by atoms with Gasteiger partial charge in [-0.3, -0.25) is 9.48 Å². The lowest BCUT2D eigenvalue weighted by molar-refractivity contribution is -0.539. The lowest BCUT2D eigenvalue weighted by atomic mass is 9.84. The van der Waals surface area contributed by atoms with Gasteiger partial charge in [-0.1, -0.05) is 22.3 Å². The van der Waals surface area contributed by atoms with Crippen LogP contribution in [0.4, 0.5) is 0 Å². The minimum atomic E-state index is -0.889. The summed E-state index contributed by atoms with van der Waals surface area (Å²) >= 11 is 0. The molecule has 0 atom stereocenters. The largest absolute Gasteiger partial charge is 0.714 e. The van der Waals surface area contributed by atoms with Gasteiger partial charge in [0.25, 0.3) is 0 Å². The molecule has 0 spiro atoms. The summed E-state index contributed by atoms with van der Waals surface area (Å²) in [6.45, 7) is 14.3. The number of hydrogen-bond donors (Lipinski definition) is 0. The molecular weight excluding hydrogens is 504 g/mol. The first kappa shape index (κ1) is 26.3. The third-order valence-electron chi connectivity index (χ3n) is 10.1. The van der Waals surface area contributed by atoms with Gasteiger partial charge < -0.3 is 10.4 Å². The van der Waals surface area contributed by atoms with Crippen LogP contribution < -0.4 is 0 Å². The zero-order chi connectivity index (χ0) is 29.2. The van der Waals surface area contributed by atoms with E-state index in [1.807, 2.05) is 48.5 Å². The number of rotatable bonds is 2. The summed E-state index contributed by atoms with van der Waals surface area (Å²) in [5.41, 5.74) is -2.40. The second kappa shape index (κ2) is 7.86. The van der Waals surface area contributed by atoms with Crippen molar-refractivity contribution in [3.63, 3.8) is 0 Å². The van der Waals surface area contributed by atoms with Crippen molar-refractivity contribution in [3.8, 4) is 0 Å². The smallest absolute Gasteiger partial charge is 0.316 e. The lowest BCUT2D eigenvalue weighted by Crippen LogP contribution is -2.53. The highest BCUT2D eigenvalue weighted by Crippen LogP contribution is 2.39. The molecule has 40 heavy (non-hydrogen) atoms. The number of nitrogens with zero attached hydrogens (tertiary/aromatic N) is 4. The second-order valence-electron chi connectivity index (χ2n) is 13.2. The van der Waals surface area contributed by atoms with Crippen LogP contribution in [0.3, 0.4) is 0 Å². The van der Waals surface area contributed by atoms with Crippen LogP contribution in [0.2, 0.25) is 0 Å². The normalized spacial score (nSPS) is 21.4. The quantitative estimate of drug-likeness (QED) is 0.175. The second-order valence-corrected chi connectivity index (χ2v) is 13.2. The van der Waals surface area contributed by atoms with Gasteiger partial charge in [-0.2, -0.15) is 0 Å². The Labute approximate surface area is 233 Å². The molecule has 0 saturated heterocycles. The van der Waals surface area contributed by atoms with Gasteiger partial charge in [0, 0.05) is 10.4 Å². The minimum absolute atomic E-state index is 0.115. The van der Waals surface area contributed by atoms with E-state index in [4.69, 9.17) is 0 Å². The zero-order valence-corrected chi connectivity index (χ0v) is 24.2. The first-order chi connectivity index (χ1) is 18.5. The summed E-state index contributed by atoms with van der Waals surface area (Å²) < 4.78 is 1.66. The average Bonchev–Trinajstić information content (AvgIpc) is 3.09. The highest BCUT2D eigenvalue weighted by molar-refractivity contribution is 6.08. The molecule has 0 N–H and O–H groups in total. The van der Waals surface area contributed by atoms with Crippen molar-refractivity contribution < 1.29 is 19.9 Å². The molecule has 8 heteroatoms. The van der Waals surface area contributed by atoms with Gasteiger partial charge in [0.15, 0.2) is 11.1 Å². The Hall–Kier alpha value is -3.88. The predicted molar refractivity (Wildman–Crippen MR) is 156 cm³/mol. The monoisotopic (exact) mass is 538 g/mol. The fraction of sp³-hybridized carbons (Fsp3) is 0.375. The van der Waals surface area contributed by atoms with E-state index >= 15 is 0 Å². The third-order valence-corrected chi connectivity index (χ3v) is 10.1. The van der Waals surface area contributed by atoms with Gasteiger partial charge in [-0.15, -0.1) is 0 Å². The molecular formula is C32H34N4O4. The van der Waals surface area contributed by atoms with Gasteiger partial charge in [0.2, 0.25) is 0 Å². The Bertz CT molecular complexity index is 1690. The Kier molecular flexibility index (Phi) is 5.18. The van der Waals surface area contributed by atoms with Crippen LogP contribution in [0.15, 0.2) is 60.7 Å². The SMILES string of the molecule is CC1(C)N([O])C(c2ccc3cc4cc5ccc(C6=[N+]([O-])C(C)(C)C(C)(C)N6[O])cc5cc4cc3c2)=[N+]([O-])C1(C)C. The average molecular weight is 539 g/mol. The molecule has 206 valence electrons. The van der Waals surface area contributed by atoms with Crippen molar-refractivity contribution in [1.82, 2.24) is 10.1 Å². The van der Waals surface area contributed by atoms with Crippen molar-refractivity contribution in [2.24, 2.45) is 0 Å². The predicted octanol–water partition coefficient (Wildman–Crippen LogP) is 6.10. The lowest BCUT2D eigenvalue weighted by Gasteiger charge is -2.32. The standard InChI is InChI=1S/C32H34N4O4/c1-29(2)30(3,4)34(38)27(33(29)37)21-11-9-19-13-25-14-20-10-12-22(16-24(20)18-26(25)17-23(19)15-21)28-35(39)31(5,6)32(7,8)36(28)40/h9-18H,1-8H3. The summed E-state index contributed by atoms with van der Waals surface area (Å²) in [4.78, 5) is 0. The van der Waals surface area contributed by atoms with E-state index in [1.54, 1.807) is 55.4 Å². The van der Waals surface area contributed by atoms with Crippen molar-refractivity contribution >= 4 is 44.0 Å². The van der Waals surface area contributed by atoms with Crippen molar-refractivity contribution in [3.05, 3.63) is 82.2 Å². The molecule has 0 unspecified atom stereocenters. The highest BCUT2D eigenvalue weighted by atomic mass is 16.5. The molecule has 4 aromatic carbocycles. The summed E-state index contributed by atoms with van der Waals surface area (Å²) in [6.07, 6.45) is 0. The van der Waals surface area contributed by atoms with Crippen LogP contribution in [0.1, 0.15) is 66.5 Å². The van der Waals surface area contributed by atoms with Crippen LogP contribution in [0.5, 0.6) is 0 Å². The number of hydrogen-bond acceptors (Lipinski definition) is 4. The molecule has 4 aromatic rings. The topological polar surface area (TPSA) is 98.4 Å². The first-order valence-electron chi connectivity index (χ1n) is 13.6. The fourth-order valence-corrected chi connectivity index (χ4v) is 5.71. The van der Waals surface area contributed by atoms with Crippen LogP contribution >= 0.6 is 0 Å². The molecule has 0 bridgehead atoms. The molecule has 2 radical (unpaired) electrons. The van der Waals surface area contributed by atoms with Crippen LogP contribution in [0, 0.1) is 10.4 Å². The van der Waals surface area contributed by atoms with E-state index in [2.05, 4.69) is 12.1 Å². The van der Waals surface area contributed by atoms with Crippen molar-refractivity contribution in [1.29, 1.82) is 0 Å². The van der Waals surface area contributed by atoms with Gasteiger partial charge in [0.1, 0.15) is 11.1 Å². The maximum absolute atomic E-state index is 13.2. The Morgan fingerprint density at radius 1 is 0.500 bits per heavy atom. The molecule has 0 amide bonds. The molecule has 8 nitrogen and oxygen atoms in total. The van der Waals surface area contributed by atoms with Crippen molar-refractivity contribution in [2.75, 3.05) is 0 Å². The summed E-state index contributed by atoms with van der Waals surface area (Å²) in [6, 6.07) is 19.6. The van der Waals surface area contributed by atoms with Crippen LogP contribution in [-0.4, -0.2) is 53.4 Å².